The Morgan fingerprint density at radius 3 is 2.27 bits per heavy atom. The molecule has 2 aromatic rings. The lowest BCUT2D eigenvalue weighted by Gasteiger charge is -2.06. The number of hydrogen-bond donors (Lipinski definition) is 2. The number of benzene rings is 2. The Labute approximate surface area is 93.5 Å². The van der Waals surface area contributed by atoms with Crippen LogP contribution in [-0.2, 0) is 0 Å². The largest absolute Gasteiger partial charge is 0.398 e. The van der Waals surface area contributed by atoms with Crippen LogP contribution in [0.15, 0.2) is 42.5 Å². The molecule has 0 fully saturated rings. The summed E-state index contributed by atoms with van der Waals surface area (Å²) in [6.45, 7) is 0. The van der Waals surface area contributed by atoms with E-state index in [1.807, 2.05) is 36.4 Å². The minimum atomic E-state index is 0.552. The molecule has 0 spiro atoms. The number of nitrogen functional groups attached to an aromatic ring is 2. The molecule has 0 bridgehead atoms. The summed E-state index contributed by atoms with van der Waals surface area (Å²) in [7, 11) is 0. The number of nitrogens with two attached hydrogens (primary N) is 2. The molecule has 0 atom stereocenters. The van der Waals surface area contributed by atoms with Gasteiger partial charge in [0.05, 0.1) is 10.7 Å². The summed E-state index contributed by atoms with van der Waals surface area (Å²) >= 11 is 5.95. The Kier molecular flexibility index (Phi) is 2.52. The van der Waals surface area contributed by atoms with Gasteiger partial charge in [0.1, 0.15) is 0 Å². The Hall–Kier alpha value is -1.67. The second kappa shape index (κ2) is 3.83. The molecule has 15 heavy (non-hydrogen) atoms. The molecule has 0 heterocycles. The van der Waals surface area contributed by atoms with E-state index in [2.05, 4.69) is 0 Å². The van der Waals surface area contributed by atoms with Crippen LogP contribution in [0.25, 0.3) is 11.1 Å². The lowest BCUT2D eigenvalue weighted by Crippen LogP contribution is -1.90. The standard InChI is InChI=1S/C12H11ClN2/c13-10-7-8(5-6-12(10)15)9-3-1-2-4-11(9)14/h1-7H,14-15H2. The molecule has 0 aromatic heterocycles. The van der Waals surface area contributed by atoms with E-state index in [1.54, 1.807) is 6.07 Å². The van der Waals surface area contributed by atoms with Gasteiger partial charge in [-0.1, -0.05) is 35.9 Å². The molecule has 0 saturated heterocycles. The minimum Gasteiger partial charge on any atom is -0.398 e. The lowest BCUT2D eigenvalue weighted by atomic mass is 10.0. The van der Waals surface area contributed by atoms with Gasteiger partial charge >= 0.3 is 0 Å². The van der Waals surface area contributed by atoms with E-state index in [-0.39, 0.29) is 0 Å². The summed E-state index contributed by atoms with van der Waals surface area (Å²) in [6.07, 6.45) is 0. The van der Waals surface area contributed by atoms with Crippen molar-refractivity contribution in [2.75, 3.05) is 11.5 Å². The van der Waals surface area contributed by atoms with Gasteiger partial charge in [0.25, 0.3) is 0 Å². The Morgan fingerprint density at radius 1 is 0.867 bits per heavy atom. The molecule has 0 radical (unpaired) electrons. The van der Waals surface area contributed by atoms with Crippen molar-refractivity contribution in [2.45, 2.75) is 0 Å². The van der Waals surface area contributed by atoms with Crippen LogP contribution in [0.2, 0.25) is 5.02 Å². The van der Waals surface area contributed by atoms with Gasteiger partial charge in [0.15, 0.2) is 0 Å². The quantitative estimate of drug-likeness (QED) is 0.723. The molecule has 0 saturated carbocycles. The zero-order valence-corrected chi connectivity index (χ0v) is 8.83. The minimum absolute atomic E-state index is 0.552. The molecule has 2 rings (SSSR count). The molecular formula is C12H11ClN2. The van der Waals surface area contributed by atoms with Gasteiger partial charge in [-0.05, 0) is 23.8 Å². The predicted molar refractivity (Wildman–Crippen MR) is 65.7 cm³/mol. The predicted octanol–water partition coefficient (Wildman–Crippen LogP) is 3.17. The Balaban J connectivity index is 2.55. The van der Waals surface area contributed by atoms with Gasteiger partial charge in [-0.15, -0.1) is 0 Å². The number of para-hydroxylation sites is 1. The lowest BCUT2D eigenvalue weighted by molar-refractivity contribution is 1.60. The van der Waals surface area contributed by atoms with Gasteiger partial charge in [-0.25, -0.2) is 0 Å². The average Bonchev–Trinajstić information content (AvgIpc) is 2.23. The fraction of sp³-hybridized carbons (Fsp3) is 0. The number of anilines is 2. The van der Waals surface area contributed by atoms with E-state index in [0.29, 0.717) is 10.7 Å². The van der Waals surface area contributed by atoms with E-state index in [4.69, 9.17) is 23.1 Å². The monoisotopic (exact) mass is 218 g/mol. The van der Waals surface area contributed by atoms with Crippen LogP contribution in [0.4, 0.5) is 11.4 Å². The highest BCUT2D eigenvalue weighted by molar-refractivity contribution is 6.33. The normalized spacial score (nSPS) is 10.2. The molecule has 3 heteroatoms. The average molecular weight is 219 g/mol. The fourth-order valence-electron chi connectivity index (χ4n) is 1.45. The zero-order valence-electron chi connectivity index (χ0n) is 8.07. The smallest absolute Gasteiger partial charge is 0.0641 e. The van der Waals surface area contributed by atoms with Gasteiger partial charge in [0.2, 0.25) is 0 Å². The van der Waals surface area contributed by atoms with Crippen LogP contribution >= 0.6 is 11.6 Å². The topological polar surface area (TPSA) is 52.0 Å². The SMILES string of the molecule is Nc1ccc(-c2ccccc2N)cc1Cl. The van der Waals surface area contributed by atoms with Gasteiger partial charge in [-0.2, -0.15) is 0 Å². The third-order valence-electron chi connectivity index (χ3n) is 2.27. The maximum absolute atomic E-state index is 5.95. The summed E-state index contributed by atoms with van der Waals surface area (Å²) in [5.41, 5.74) is 14.8. The van der Waals surface area contributed by atoms with Crippen molar-refractivity contribution >= 4 is 23.0 Å². The molecule has 0 aliphatic rings. The molecule has 0 aliphatic heterocycles. The number of rotatable bonds is 1. The van der Waals surface area contributed by atoms with Gasteiger partial charge < -0.3 is 11.5 Å². The van der Waals surface area contributed by atoms with Crippen molar-refractivity contribution in [1.82, 2.24) is 0 Å². The molecular weight excluding hydrogens is 208 g/mol. The molecule has 0 unspecified atom stereocenters. The Morgan fingerprint density at radius 2 is 1.60 bits per heavy atom. The van der Waals surface area contributed by atoms with E-state index in [1.165, 1.54) is 0 Å². The molecule has 2 aromatic carbocycles. The van der Waals surface area contributed by atoms with Crippen LogP contribution in [0.3, 0.4) is 0 Å². The van der Waals surface area contributed by atoms with Crippen molar-refractivity contribution < 1.29 is 0 Å². The van der Waals surface area contributed by atoms with E-state index in [0.717, 1.165) is 16.8 Å². The van der Waals surface area contributed by atoms with E-state index >= 15 is 0 Å². The van der Waals surface area contributed by atoms with Crippen LogP contribution in [0.1, 0.15) is 0 Å². The molecule has 76 valence electrons. The van der Waals surface area contributed by atoms with E-state index in [9.17, 15) is 0 Å². The van der Waals surface area contributed by atoms with Crippen LogP contribution < -0.4 is 11.5 Å². The highest BCUT2D eigenvalue weighted by Gasteiger charge is 2.03. The molecule has 4 N–H and O–H groups in total. The number of hydrogen-bond acceptors (Lipinski definition) is 2. The first-order chi connectivity index (χ1) is 7.18. The van der Waals surface area contributed by atoms with Gasteiger partial charge in [-0.3, -0.25) is 0 Å². The first-order valence-electron chi connectivity index (χ1n) is 4.58. The highest BCUT2D eigenvalue weighted by Crippen LogP contribution is 2.30. The highest BCUT2D eigenvalue weighted by atomic mass is 35.5. The van der Waals surface area contributed by atoms with Crippen molar-refractivity contribution in [3.05, 3.63) is 47.5 Å². The summed E-state index contributed by atoms with van der Waals surface area (Å²) < 4.78 is 0. The van der Waals surface area contributed by atoms with Crippen LogP contribution in [-0.4, -0.2) is 0 Å². The summed E-state index contributed by atoms with van der Waals surface area (Å²) in [4.78, 5) is 0. The molecule has 2 nitrogen and oxygen atoms in total. The third kappa shape index (κ3) is 1.90. The van der Waals surface area contributed by atoms with E-state index < -0.39 is 0 Å². The fourth-order valence-corrected chi connectivity index (χ4v) is 1.64. The maximum Gasteiger partial charge on any atom is 0.0641 e. The van der Waals surface area contributed by atoms with Crippen LogP contribution in [0, 0.1) is 0 Å². The van der Waals surface area contributed by atoms with Crippen molar-refractivity contribution in [1.29, 1.82) is 0 Å². The zero-order chi connectivity index (χ0) is 10.8. The first kappa shape index (κ1) is 9.87. The van der Waals surface area contributed by atoms with Crippen molar-refractivity contribution in [3.63, 3.8) is 0 Å². The van der Waals surface area contributed by atoms with Crippen molar-refractivity contribution in [2.24, 2.45) is 0 Å². The first-order valence-corrected chi connectivity index (χ1v) is 4.96. The molecule has 0 aliphatic carbocycles. The van der Waals surface area contributed by atoms with Crippen molar-refractivity contribution in [3.8, 4) is 11.1 Å². The van der Waals surface area contributed by atoms with Gasteiger partial charge in [0, 0.05) is 11.3 Å². The molecule has 0 amide bonds. The second-order valence-corrected chi connectivity index (χ2v) is 3.73. The van der Waals surface area contributed by atoms with Crippen LogP contribution in [0.5, 0.6) is 0 Å². The summed E-state index contributed by atoms with van der Waals surface area (Å²) in [6, 6.07) is 13.2. The Bertz CT molecular complexity index is 495. The summed E-state index contributed by atoms with van der Waals surface area (Å²) in [5.74, 6) is 0. The maximum atomic E-state index is 5.95. The third-order valence-corrected chi connectivity index (χ3v) is 2.60. The summed E-state index contributed by atoms with van der Waals surface area (Å²) in [5, 5.41) is 0.552. The number of halogens is 1. The second-order valence-electron chi connectivity index (χ2n) is 3.32.